The quantitative estimate of drug-likeness (QED) is 0.634. The van der Waals surface area contributed by atoms with Crippen molar-refractivity contribution in [3.8, 4) is 0 Å². The topological polar surface area (TPSA) is 12.0 Å². The Morgan fingerprint density at radius 3 is 3.00 bits per heavy atom. The van der Waals surface area contributed by atoms with Gasteiger partial charge in [0, 0.05) is 16.1 Å². The molecule has 0 aromatic heterocycles. The van der Waals surface area contributed by atoms with Crippen LogP contribution in [0.4, 0.5) is 4.39 Å². The molecule has 1 N–H and O–H groups in total. The largest absolute Gasteiger partial charge is 0.310 e. The molecule has 0 heterocycles. The lowest BCUT2D eigenvalue weighted by molar-refractivity contribution is 0.532. The maximum Gasteiger partial charge on any atom is 0.128 e. The summed E-state index contributed by atoms with van der Waals surface area (Å²) < 4.78 is 14.3. The lowest BCUT2D eigenvalue weighted by Crippen LogP contribution is -2.20. The maximum atomic E-state index is 13.4. The van der Waals surface area contributed by atoms with Gasteiger partial charge in [0.05, 0.1) is 0 Å². The fourth-order valence-corrected chi connectivity index (χ4v) is 1.74. The molecule has 0 saturated carbocycles. The Morgan fingerprint density at radius 1 is 1.60 bits per heavy atom. The highest BCUT2D eigenvalue weighted by molar-refractivity contribution is 9.10. The lowest BCUT2D eigenvalue weighted by Gasteiger charge is -2.14. The van der Waals surface area contributed by atoms with Crippen LogP contribution in [0.15, 0.2) is 35.3 Å². The van der Waals surface area contributed by atoms with E-state index in [1.165, 1.54) is 6.07 Å². The molecule has 0 radical (unpaired) electrons. The van der Waals surface area contributed by atoms with Gasteiger partial charge in [-0.05, 0) is 38.1 Å². The molecule has 1 nitrogen and oxygen atoms in total. The molecule has 1 rings (SSSR count). The molecule has 15 heavy (non-hydrogen) atoms. The first kappa shape index (κ1) is 12.4. The summed E-state index contributed by atoms with van der Waals surface area (Å²) >= 11 is 3.34. The van der Waals surface area contributed by atoms with Crippen LogP contribution < -0.4 is 5.32 Å². The first-order valence-electron chi connectivity index (χ1n) is 4.94. The average molecular weight is 272 g/mol. The number of hydrogen-bond acceptors (Lipinski definition) is 1. The van der Waals surface area contributed by atoms with E-state index in [9.17, 15) is 4.39 Å². The third kappa shape index (κ3) is 3.76. The zero-order valence-electron chi connectivity index (χ0n) is 8.76. The van der Waals surface area contributed by atoms with Crippen LogP contribution in [0.1, 0.15) is 24.9 Å². The normalized spacial score (nSPS) is 12.5. The van der Waals surface area contributed by atoms with Crippen LogP contribution in [-0.4, -0.2) is 6.54 Å². The molecule has 0 spiro atoms. The van der Waals surface area contributed by atoms with Crippen molar-refractivity contribution in [3.63, 3.8) is 0 Å². The van der Waals surface area contributed by atoms with Gasteiger partial charge in [-0.25, -0.2) is 4.39 Å². The lowest BCUT2D eigenvalue weighted by atomic mass is 10.1. The summed E-state index contributed by atoms with van der Waals surface area (Å²) in [6, 6.07) is 5.00. The summed E-state index contributed by atoms with van der Waals surface area (Å²) in [7, 11) is 0. The summed E-state index contributed by atoms with van der Waals surface area (Å²) in [6.07, 6.45) is 2.73. The molecule has 82 valence electrons. The predicted octanol–water partition coefficient (Wildman–Crippen LogP) is 3.81. The number of nitrogens with one attached hydrogen (secondary N) is 1. The van der Waals surface area contributed by atoms with Gasteiger partial charge in [-0.1, -0.05) is 22.0 Å². The third-order valence-corrected chi connectivity index (χ3v) is 2.72. The summed E-state index contributed by atoms with van der Waals surface area (Å²) in [5.41, 5.74) is 0.688. The summed E-state index contributed by atoms with van der Waals surface area (Å²) in [4.78, 5) is 0. The first-order valence-corrected chi connectivity index (χ1v) is 5.73. The second kappa shape index (κ2) is 6.03. The van der Waals surface area contributed by atoms with Crippen molar-refractivity contribution in [1.82, 2.24) is 5.32 Å². The summed E-state index contributed by atoms with van der Waals surface area (Å²) in [5.74, 6) is -0.170. The van der Waals surface area contributed by atoms with Crippen LogP contribution in [0.25, 0.3) is 0 Å². The fraction of sp³-hybridized carbons (Fsp3) is 0.333. The molecule has 0 aliphatic rings. The predicted molar refractivity (Wildman–Crippen MR) is 65.3 cm³/mol. The van der Waals surface area contributed by atoms with Gasteiger partial charge in [-0.3, -0.25) is 0 Å². The molecule has 0 amide bonds. The summed E-state index contributed by atoms with van der Waals surface area (Å²) in [5, 5.41) is 3.24. The van der Waals surface area contributed by atoms with E-state index >= 15 is 0 Å². The van der Waals surface area contributed by atoms with E-state index in [0.717, 1.165) is 17.4 Å². The highest BCUT2D eigenvalue weighted by Gasteiger charge is 2.09. The zero-order valence-corrected chi connectivity index (χ0v) is 10.3. The van der Waals surface area contributed by atoms with E-state index in [-0.39, 0.29) is 11.9 Å². The molecule has 3 heteroatoms. The van der Waals surface area contributed by atoms with E-state index in [2.05, 4.69) is 27.8 Å². The third-order valence-electron chi connectivity index (χ3n) is 2.22. The van der Waals surface area contributed by atoms with Crippen molar-refractivity contribution >= 4 is 15.9 Å². The van der Waals surface area contributed by atoms with E-state index < -0.39 is 0 Å². The van der Waals surface area contributed by atoms with Crippen molar-refractivity contribution in [2.75, 3.05) is 6.54 Å². The molecule has 1 aromatic carbocycles. The van der Waals surface area contributed by atoms with Crippen molar-refractivity contribution < 1.29 is 4.39 Å². The molecule has 1 unspecified atom stereocenters. The SMILES string of the molecule is C=CCCNC(C)c1cc(Br)ccc1F. The average Bonchev–Trinajstić information content (AvgIpc) is 2.22. The molecule has 0 bridgehead atoms. The fourth-order valence-electron chi connectivity index (χ4n) is 1.36. The van der Waals surface area contributed by atoms with Gasteiger partial charge >= 0.3 is 0 Å². The zero-order chi connectivity index (χ0) is 11.3. The van der Waals surface area contributed by atoms with Gasteiger partial charge < -0.3 is 5.32 Å². The van der Waals surface area contributed by atoms with Crippen molar-refractivity contribution in [2.24, 2.45) is 0 Å². The van der Waals surface area contributed by atoms with Crippen LogP contribution >= 0.6 is 15.9 Å². The highest BCUT2D eigenvalue weighted by atomic mass is 79.9. The molecule has 0 aliphatic heterocycles. The maximum absolute atomic E-state index is 13.4. The van der Waals surface area contributed by atoms with Crippen LogP contribution in [0.2, 0.25) is 0 Å². The minimum absolute atomic E-state index is 0.0162. The Bertz CT molecular complexity index is 338. The monoisotopic (exact) mass is 271 g/mol. The van der Waals surface area contributed by atoms with Crippen molar-refractivity contribution in [1.29, 1.82) is 0 Å². The van der Waals surface area contributed by atoms with Gasteiger partial charge in [0.2, 0.25) is 0 Å². The Balaban J connectivity index is 2.67. The highest BCUT2D eigenvalue weighted by Crippen LogP contribution is 2.21. The van der Waals surface area contributed by atoms with Crippen LogP contribution in [0, 0.1) is 5.82 Å². The van der Waals surface area contributed by atoms with Gasteiger partial charge in [0.15, 0.2) is 0 Å². The second-order valence-corrected chi connectivity index (χ2v) is 4.33. The molecule has 1 aromatic rings. The Kier molecular flexibility index (Phi) is 4.99. The Labute approximate surface area is 98.5 Å². The number of rotatable bonds is 5. The van der Waals surface area contributed by atoms with E-state index in [4.69, 9.17) is 0 Å². The molecule has 0 fully saturated rings. The minimum Gasteiger partial charge on any atom is -0.310 e. The van der Waals surface area contributed by atoms with Crippen LogP contribution in [-0.2, 0) is 0 Å². The van der Waals surface area contributed by atoms with E-state index in [1.807, 2.05) is 13.0 Å². The number of hydrogen-bond donors (Lipinski definition) is 1. The summed E-state index contributed by atoms with van der Waals surface area (Å²) in [6.45, 7) is 6.41. The molecule has 0 saturated heterocycles. The second-order valence-electron chi connectivity index (χ2n) is 3.42. The van der Waals surface area contributed by atoms with Crippen molar-refractivity contribution in [3.05, 3.63) is 46.7 Å². The smallest absolute Gasteiger partial charge is 0.128 e. The van der Waals surface area contributed by atoms with Gasteiger partial charge in [0.25, 0.3) is 0 Å². The van der Waals surface area contributed by atoms with Crippen LogP contribution in [0.3, 0.4) is 0 Å². The first-order chi connectivity index (χ1) is 7.15. The standard InChI is InChI=1S/C12H15BrFN/c1-3-4-7-15-9(2)11-8-10(13)5-6-12(11)14/h3,5-6,8-9,15H,1,4,7H2,2H3. The molecule has 0 aliphatic carbocycles. The van der Waals surface area contributed by atoms with Crippen molar-refractivity contribution in [2.45, 2.75) is 19.4 Å². The Morgan fingerprint density at radius 2 is 2.33 bits per heavy atom. The molecular formula is C12H15BrFN. The Hall–Kier alpha value is -0.670. The number of benzene rings is 1. The van der Waals surface area contributed by atoms with E-state index in [1.54, 1.807) is 12.1 Å². The van der Waals surface area contributed by atoms with Crippen LogP contribution in [0.5, 0.6) is 0 Å². The van der Waals surface area contributed by atoms with Gasteiger partial charge in [0.1, 0.15) is 5.82 Å². The minimum atomic E-state index is -0.170. The van der Waals surface area contributed by atoms with E-state index in [0.29, 0.717) is 5.56 Å². The van der Waals surface area contributed by atoms with Gasteiger partial charge in [-0.15, -0.1) is 6.58 Å². The number of halogens is 2. The van der Waals surface area contributed by atoms with Gasteiger partial charge in [-0.2, -0.15) is 0 Å². The molecule has 1 atom stereocenters. The molecular weight excluding hydrogens is 257 g/mol.